The maximum Gasteiger partial charge on any atom is 0.279 e. The Kier molecular flexibility index (Phi) is 3.67. The van der Waals surface area contributed by atoms with Gasteiger partial charge in [-0.25, -0.2) is 0 Å². The molecule has 86 valence electrons. The molecule has 0 aromatic carbocycles. The smallest absolute Gasteiger partial charge is 0.279 e. The van der Waals surface area contributed by atoms with Crippen molar-refractivity contribution in [3.63, 3.8) is 0 Å². The molecule has 0 spiro atoms. The molecule has 4 N–H and O–H groups in total. The molecule has 2 rings (SSSR count). The molecule has 0 saturated heterocycles. The van der Waals surface area contributed by atoms with Crippen LogP contribution < -0.4 is 16.6 Å². The molecular weight excluding hydrogens is 262 g/mol. The molecule has 1 amide bonds. The number of carbonyl (C=O) groups is 1. The molecule has 1 aliphatic heterocycles. The average Bonchev–Trinajstić information content (AvgIpc) is 2.69. The summed E-state index contributed by atoms with van der Waals surface area (Å²) < 4.78 is 0. The van der Waals surface area contributed by atoms with E-state index in [2.05, 4.69) is 23.1 Å². The highest BCUT2D eigenvalue weighted by atomic mass is 32.2. The summed E-state index contributed by atoms with van der Waals surface area (Å²) in [5, 5.41) is 0.0604. The Labute approximate surface area is 107 Å². The molecule has 0 atom stereocenters. The van der Waals surface area contributed by atoms with Gasteiger partial charge in [-0.1, -0.05) is 0 Å². The molecule has 0 radical (unpaired) electrons. The Morgan fingerprint density at radius 3 is 3.00 bits per heavy atom. The number of nitrogens with two attached hydrogens (primary N) is 1. The fourth-order valence-electron chi connectivity index (χ4n) is 1.44. The number of amides is 1. The van der Waals surface area contributed by atoms with Crippen molar-refractivity contribution in [3.8, 4) is 0 Å². The third-order valence-electron chi connectivity index (χ3n) is 2.15. The summed E-state index contributed by atoms with van der Waals surface area (Å²) in [6.07, 6.45) is 1.06. The number of thioether (sulfide) groups is 1. The monoisotopic (exact) mass is 273 g/mol. The van der Waals surface area contributed by atoms with Gasteiger partial charge in [-0.3, -0.25) is 15.6 Å². The number of carbonyl (C=O) groups excluding carboxylic acids is 1. The fourth-order valence-corrected chi connectivity index (χ4v) is 3.76. The lowest BCUT2D eigenvalue weighted by Gasteiger charge is -2.08. The van der Waals surface area contributed by atoms with E-state index in [-0.39, 0.29) is 11.0 Å². The molecule has 0 unspecified atom stereocenters. The number of nitrogens with one attached hydrogen (secondary N) is 2. The van der Waals surface area contributed by atoms with Gasteiger partial charge in [0.1, 0.15) is 0 Å². The summed E-state index contributed by atoms with van der Waals surface area (Å²) in [5.41, 5.74) is 11.4. The molecule has 1 aromatic rings. The number of rotatable bonds is 1. The zero-order valence-electron chi connectivity index (χ0n) is 8.41. The predicted molar refractivity (Wildman–Crippen MR) is 71.6 cm³/mol. The predicted octanol–water partition coefficient (Wildman–Crippen LogP) is 1.02. The van der Waals surface area contributed by atoms with Crippen molar-refractivity contribution in [2.24, 2.45) is 5.73 Å². The largest absolute Gasteiger partial charge is 0.375 e. The number of thiophene rings is 1. The summed E-state index contributed by atoms with van der Waals surface area (Å²) in [5.74, 6) is 1.96. The molecule has 0 saturated carbocycles. The summed E-state index contributed by atoms with van der Waals surface area (Å²) in [4.78, 5) is 13.7. The van der Waals surface area contributed by atoms with Crippen molar-refractivity contribution in [1.29, 1.82) is 0 Å². The summed E-state index contributed by atoms with van der Waals surface area (Å²) in [6, 6.07) is 1.95. The van der Waals surface area contributed by atoms with Crippen LogP contribution >= 0.6 is 35.3 Å². The van der Waals surface area contributed by atoms with Crippen LogP contribution in [0.2, 0.25) is 0 Å². The number of thiocarbonyl (C=S) groups is 1. The molecule has 7 heteroatoms. The van der Waals surface area contributed by atoms with Gasteiger partial charge in [0.15, 0.2) is 5.11 Å². The van der Waals surface area contributed by atoms with Crippen LogP contribution in [0.5, 0.6) is 0 Å². The van der Waals surface area contributed by atoms with Gasteiger partial charge < -0.3 is 5.73 Å². The zero-order valence-corrected chi connectivity index (χ0v) is 10.9. The molecule has 1 aliphatic rings. The van der Waals surface area contributed by atoms with E-state index in [1.807, 2.05) is 17.8 Å². The van der Waals surface area contributed by atoms with Crippen molar-refractivity contribution in [2.45, 2.75) is 12.2 Å². The van der Waals surface area contributed by atoms with Crippen LogP contribution in [-0.4, -0.2) is 16.8 Å². The standard InChI is InChI=1S/C9H11N3OS3/c10-9(14)12-11-8(13)7-3-5-4-15-2-1-6(5)16-7/h3H,1-2,4H2,(H,11,13)(H3,10,12,14). The van der Waals surface area contributed by atoms with Gasteiger partial charge in [0, 0.05) is 10.6 Å². The first-order valence-electron chi connectivity index (χ1n) is 4.72. The normalized spacial score (nSPS) is 14.0. The minimum atomic E-state index is -0.183. The Morgan fingerprint density at radius 1 is 1.50 bits per heavy atom. The molecule has 2 heterocycles. The Balaban J connectivity index is 2.06. The molecule has 0 aliphatic carbocycles. The van der Waals surface area contributed by atoms with Gasteiger partial charge in [-0.05, 0) is 36.0 Å². The third kappa shape index (κ3) is 2.66. The third-order valence-corrected chi connectivity index (χ3v) is 4.50. The fraction of sp³-hybridized carbons (Fsp3) is 0.333. The second-order valence-electron chi connectivity index (χ2n) is 3.31. The zero-order chi connectivity index (χ0) is 11.5. The van der Waals surface area contributed by atoms with Gasteiger partial charge in [0.2, 0.25) is 0 Å². The first-order valence-corrected chi connectivity index (χ1v) is 7.10. The molecule has 0 fully saturated rings. The molecule has 16 heavy (non-hydrogen) atoms. The highest BCUT2D eigenvalue weighted by molar-refractivity contribution is 7.98. The number of aryl methyl sites for hydroxylation is 1. The van der Waals surface area contributed by atoms with E-state index in [1.54, 1.807) is 11.3 Å². The lowest BCUT2D eigenvalue weighted by atomic mass is 10.2. The Hall–Kier alpha value is -0.790. The summed E-state index contributed by atoms with van der Waals surface area (Å²) >= 11 is 8.05. The van der Waals surface area contributed by atoms with Crippen LogP contribution in [0.25, 0.3) is 0 Å². The van der Waals surface area contributed by atoms with Crippen molar-refractivity contribution >= 4 is 46.3 Å². The maximum absolute atomic E-state index is 11.7. The highest BCUT2D eigenvalue weighted by Gasteiger charge is 2.17. The summed E-state index contributed by atoms with van der Waals surface area (Å²) in [7, 11) is 0. The van der Waals surface area contributed by atoms with Crippen LogP contribution in [0, 0.1) is 0 Å². The van der Waals surface area contributed by atoms with E-state index < -0.39 is 0 Å². The minimum absolute atomic E-state index is 0.0604. The van der Waals surface area contributed by atoms with Gasteiger partial charge in [-0.15, -0.1) is 11.3 Å². The van der Waals surface area contributed by atoms with Crippen LogP contribution in [-0.2, 0) is 12.2 Å². The van der Waals surface area contributed by atoms with Crippen molar-refractivity contribution < 1.29 is 4.79 Å². The SMILES string of the molecule is NC(=S)NNC(=O)c1cc2c(s1)CCSC2. The number of hydrazine groups is 1. The summed E-state index contributed by atoms with van der Waals surface area (Å²) in [6.45, 7) is 0. The molecule has 4 nitrogen and oxygen atoms in total. The van der Waals surface area contributed by atoms with Crippen LogP contribution in [0.3, 0.4) is 0 Å². The van der Waals surface area contributed by atoms with Crippen molar-refractivity contribution in [3.05, 3.63) is 21.4 Å². The lowest BCUT2D eigenvalue weighted by Crippen LogP contribution is -2.44. The van der Waals surface area contributed by atoms with E-state index in [4.69, 9.17) is 5.73 Å². The Morgan fingerprint density at radius 2 is 2.31 bits per heavy atom. The topological polar surface area (TPSA) is 67.2 Å². The van der Waals surface area contributed by atoms with Gasteiger partial charge in [-0.2, -0.15) is 11.8 Å². The number of fused-ring (bicyclic) bond motifs is 1. The quantitative estimate of drug-likeness (QED) is 0.526. The first kappa shape index (κ1) is 11.7. The second kappa shape index (κ2) is 5.03. The minimum Gasteiger partial charge on any atom is -0.375 e. The lowest BCUT2D eigenvalue weighted by molar-refractivity contribution is 0.0948. The second-order valence-corrected chi connectivity index (χ2v) is 5.99. The van der Waals surface area contributed by atoms with Crippen LogP contribution in [0.4, 0.5) is 0 Å². The van der Waals surface area contributed by atoms with Crippen molar-refractivity contribution in [2.75, 3.05) is 5.75 Å². The van der Waals surface area contributed by atoms with E-state index in [0.717, 1.165) is 17.9 Å². The van der Waals surface area contributed by atoms with E-state index in [0.29, 0.717) is 4.88 Å². The highest BCUT2D eigenvalue weighted by Crippen LogP contribution is 2.31. The van der Waals surface area contributed by atoms with Crippen molar-refractivity contribution in [1.82, 2.24) is 10.9 Å². The molecule has 1 aromatic heterocycles. The van der Waals surface area contributed by atoms with Crippen LogP contribution in [0.15, 0.2) is 6.07 Å². The van der Waals surface area contributed by atoms with Gasteiger partial charge in [0.05, 0.1) is 4.88 Å². The number of hydrogen-bond acceptors (Lipinski definition) is 4. The molecular formula is C9H11N3OS3. The maximum atomic E-state index is 11.7. The van der Waals surface area contributed by atoms with Gasteiger partial charge >= 0.3 is 0 Å². The van der Waals surface area contributed by atoms with E-state index in [1.165, 1.54) is 10.4 Å². The average molecular weight is 273 g/mol. The van der Waals surface area contributed by atoms with E-state index >= 15 is 0 Å². The van der Waals surface area contributed by atoms with Gasteiger partial charge in [0.25, 0.3) is 5.91 Å². The molecule has 0 bridgehead atoms. The van der Waals surface area contributed by atoms with E-state index in [9.17, 15) is 4.79 Å². The van der Waals surface area contributed by atoms with Crippen LogP contribution in [0.1, 0.15) is 20.1 Å². The first-order chi connectivity index (χ1) is 7.66. The Bertz CT molecular complexity index is 406. The number of hydrogen-bond donors (Lipinski definition) is 3.